The van der Waals surface area contributed by atoms with Crippen LogP contribution in [0.3, 0.4) is 0 Å². The second-order valence-corrected chi connectivity index (χ2v) is 5.67. The summed E-state index contributed by atoms with van der Waals surface area (Å²) in [5, 5.41) is 5.41. The molecule has 0 aromatic carbocycles. The first-order valence-corrected chi connectivity index (χ1v) is 9.46. The van der Waals surface area contributed by atoms with Gasteiger partial charge in [0.15, 0.2) is 5.78 Å². The van der Waals surface area contributed by atoms with Gasteiger partial charge in [0, 0.05) is 25.9 Å². The molecule has 9 nitrogen and oxygen atoms in total. The zero-order chi connectivity index (χ0) is 20.2. The van der Waals surface area contributed by atoms with E-state index in [-0.39, 0.29) is 30.8 Å². The maximum atomic E-state index is 11.5. The number of carbonyl (C=O) groups excluding carboxylic acids is 3. The van der Waals surface area contributed by atoms with Crippen molar-refractivity contribution in [3.05, 3.63) is 0 Å². The van der Waals surface area contributed by atoms with E-state index in [0.29, 0.717) is 65.6 Å². The fourth-order valence-corrected chi connectivity index (χ4v) is 1.78. The van der Waals surface area contributed by atoms with E-state index in [9.17, 15) is 14.4 Å². The lowest BCUT2D eigenvalue weighted by atomic mass is 10.3. The average Bonchev–Trinajstić information content (AvgIpc) is 2.65. The summed E-state index contributed by atoms with van der Waals surface area (Å²) >= 11 is 0. The van der Waals surface area contributed by atoms with Crippen molar-refractivity contribution in [2.24, 2.45) is 0 Å². The van der Waals surface area contributed by atoms with Gasteiger partial charge in [-0.1, -0.05) is 13.8 Å². The van der Waals surface area contributed by atoms with Gasteiger partial charge in [0.05, 0.1) is 39.6 Å². The molecule has 0 unspecified atom stereocenters. The average molecular weight is 390 g/mol. The van der Waals surface area contributed by atoms with Crippen molar-refractivity contribution in [3.63, 3.8) is 0 Å². The Balaban J connectivity index is 3.26. The third-order valence-electron chi connectivity index (χ3n) is 3.25. The highest BCUT2D eigenvalue weighted by atomic mass is 16.5. The second kappa shape index (κ2) is 19.2. The summed E-state index contributed by atoms with van der Waals surface area (Å²) in [6, 6.07) is 0. The van der Waals surface area contributed by atoms with Crippen molar-refractivity contribution in [3.8, 4) is 0 Å². The van der Waals surface area contributed by atoms with Gasteiger partial charge in [-0.05, 0) is 6.42 Å². The molecule has 0 aliphatic rings. The molecule has 9 heteroatoms. The normalized spacial score (nSPS) is 10.6. The summed E-state index contributed by atoms with van der Waals surface area (Å²) in [7, 11) is 0. The lowest BCUT2D eigenvalue weighted by molar-refractivity contribution is -0.127. The molecule has 0 saturated carbocycles. The summed E-state index contributed by atoms with van der Waals surface area (Å²) < 4.78 is 20.9. The SMILES string of the molecule is CCCC(=O)NCCOCCOCC(=O)NCCOCCOCC(=O)CC. The third-order valence-corrected chi connectivity index (χ3v) is 3.25. The van der Waals surface area contributed by atoms with Crippen LogP contribution in [-0.2, 0) is 33.3 Å². The minimum absolute atomic E-state index is 0.0251. The van der Waals surface area contributed by atoms with Crippen molar-refractivity contribution in [1.29, 1.82) is 0 Å². The Kier molecular flexibility index (Phi) is 18.1. The van der Waals surface area contributed by atoms with Crippen molar-refractivity contribution in [2.75, 3.05) is 65.9 Å². The highest BCUT2D eigenvalue weighted by Crippen LogP contribution is 1.86. The molecular formula is C18H34N2O7. The van der Waals surface area contributed by atoms with Crippen molar-refractivity contribution in [2.45, 2.75) is 33.1 Å². The third kappa shape index (κ3) is 19.0. The first-order chi connectivity index (χ1) is 13.1. The molecule has 0 aliphatic carbocycles. The monoisotopic (exact) mass is 390 g/mol. The van der Waals surface area contributed by atoms with Crippen LogP contribution in [0, 0.1) is 0 Å². The van der Waals surface area contributed by atoms with E-state index in [1.807, 2.05) is 6.92 Å². The van der Waals surface area contributed by atoms with Gasteiger partial charge in [0.1, 0.15) is 13.2 Å². The number of rotatable bonds is 19. The maximum Gasteiger partial charge on any atom is 0.246 e. The molecule has 0 rings (SSSR count). The van der Waals surface area contributed by atoms with E-state index in [1.54, 1.807) is 6.92 Å². The molecule has 0 saturated heterocycles. The van der Waals surface area contributed by atoms with Crippen LogP contribution in [0.4, 0.5) is 0 Å². The van der Waals surface area contributed by atoms with Crippen LogP contribution < -0.4 is 10.6 Å². The van der Waals surface area contributed by atoms with Gasteiger partial charge in [-0.25, -0.2) is 0 Å². The number of nitrogens with one attached hydrogen (secondary N) is 2. The first-order valence-electron chi connectivity index (χ1n) is 9.46. The molecule has 0 aliphatic heterocycles. The molecule has 2 N–H and O–H groups in total. The molecule has 27 heavy (non-hydrogen) atoms. The number of hydrogen-bond acceptors (Lipinski definition) is 7. The van der Waals surface area contributed by atoms with Crippen molar-refractivity contribution < 1.29 is 33.3 Å². The molecule has 0 radical (unpaired) electrons. The second-order valence-electron chi connectivity index (χ2n) is 5.67. The molecule has 158 valence electrons. The largest absolute Gasteiger partial charge is 0.377 e. The van der Waals surface area contributed by atoms with Crippen molar-refractivity contribution >= 4 is 17.6 Å². The smallest absolute Gasteiger partial charge is 0.246 e. The Hall–Kier alpha value is -1.55. The van der Waals surface area contributed by atoms with E-state index in [0.717, 1.165) is 6.42 Å². The van der Waals surface area contributed by atoms with E-state index in [4.69, 9.17) is 18.9 Å². The van der Waals surface area contributed by atoms with Gasteiger partial charge in [0.2, 0.25) is 11.8 Å². The number of ether oxygens (including phenoxy) is 4. The Labute approximate surface area is 161 Å². The van der Waals surface area contributed by atoms with Gasteiger partial charge in [-0.2, -0.15) is 0 Å². The molecule has 0 aromatic rings. The summed E-state index contributed by atoms with van der Waals surface area (Å²) in [5.74, 6) is -0.140. The number of Topliss-reactive ketones (excluding diaryl/α,β-unsaturated/α-hetero) is 1. The summed E-state index contributed by atoms with van der Waals surface area (Å²) in [6.07, 6.45) is 1.82. The van der Waals surface area contributed by atoms with Crippen LogP contribution in [0.1, 0.15) is 33.1 Å². The zero-order valence-electron chi connectivity index (χ0n) is 16.6. The first kappa shape index (κ1) is 25.4. The molecule has 0 aromatic heterocycles. The lowest BCUT2D eigenvalue weighted by Gasteiger charge is -2.08. The Morgan fingerprint density at radius 1 is 0.667 bits per heavy atom. The highest BCUT2D eigenvalue weighted by Gasteiger charge is 2.02. The van der Waals surface area contributed by atoms with Gasteiger partial charge in [-0.15, -0.1) is 0 Å². The van der Waals surface area contributed by atoms with Gasteiger partial charge < -0.3 is 29.6 Å². The van der Waals surface area contributed by atoms with Crippen LogP contribution in [-0.4, -0.2) is 83.5 Å². The van der Waals surface area contributed by atoms with Crippen LogP contribution in [0.2, 0.25) is 0 Å². The predicted molar refractivity (Wildman–Crippen MR) is 99.5 cm³/mol. The topological polar surface area (TPSA) is 112 Å². The quantitative estimate of drug-likeness (QED) is 0.300. The zero-order valence-corrected chi connectivity index (χ0v) is 16.6. The summed E-state index contributed by atoms with van der Waals surface area (Å²) in [4.78, 5) is 33.7. The van der Waals surface area contributed by atoms with Gasteiger partial charge in [-0.3, -0.25) is 14.4 Å². The number of amides is 2. The van der Waals surface area contributed by atoms with Crippen molar-refractivity contribution in [1.82, 2.24) is 10.6 Å². The standard InChI is InChI=1S/C18H34N2O7/c1-3-5-17(22)19-6-8-24-11-13-27-15-18(23)20-7-9-25-10-12-26-14-16(21)4-2/h3-15H2,1-2H3,(H,19,22)(H,20,23). The molecular weight excluding hydrogens is 356 g/mol. The maximum absolute atomic E-state index is 11.5. The fourth-order valence-electron chi connectivity index (χ4n) is 1.78. The molecule has 0 heterocycles. The van der Waals surface area contributed by atoms with E-state index < -0.39 is 0 Å². The summed E-state index contributed by atoms with van der Waals surface area (Å²) in [5.41, 5.74) is 0. The summed E-state index contributed by atoms with van der Waals surface area (Å²) in [6.45, 7) is 6.84. The van der Waals surface area contributed by atoms with Gasteiger partial charge >= 0.3 is 0 Å². The number of carbonyl (C=O) groups is 3. The molecule has 0 bridgehead atoms. The molecule has 0 fully saturated rings. The van der Waals surface area contributed by atoms with E-state index >= 15 is 0 Å². The van der Waals surface area contributed by atoms with Crippen LogP contribution in [0.5, 0.6) is 0 Å². The number of ketones is 1. The van der Waals surface area contributed by atoms with E-state index in [1.165, 1.54) is 0 Å². The van der Waals surface area contributed by atoms with Crippen LogP contribution >= 0.6 is 0 Å². The Bertz CT molecular complexity index is 405. The minimum Gasteiger partial charge on any atom is -0.377 e. The Morgan fingerprint density at radius 2 is 1.19 bits per heavy atom. The van der Waals surface area contributed by atoms with Crippen LogP contribution in [0.15, 0.2) is 0 Å². The molecule has 0 spiro atoms. The fraction of sp³-hybridized carbons (Fsp3) is 0.833. The van der Waals surface area contributed by atoms with Crippen LogP contribution in [0.25, 0.3) is 0 Å². The number of hydrogen-bond donors (Lipinski definition) is 2. The van der Waals surface area contributed by atoms with E-state index in [2.05, 4.69) is 10.6 Å². The highest BCUT2D eigenvalue weighted by molar-refractivity contribution is 5.79. The minimum atomic E-state index is -0.227. The Morgan fingerprint density at radius 3 is 1.74 bits per heavy atom. The van der Waals surface area contributed by atoms with Gasteiger partial charge in [0.25, 0.3) is 0 Å². The lowest BCUT2D eigenvalue weighted by Crippen LogP contribution is -2.31. The predicted octanol–water partition coefficient (Wildman–Crippen LogP) is 0.0644. The molecule has 0 atom stereocenters. The molecule has 2 amide bonds.